The number of nitrogens with one attached hydrogen (secondary N) is 1. The molecule has 0 spiro atoms. The molecule has 8 heteroatoms. The van der Waals surface area contributed by atoms with E-state index in [0.717, 1.165) is 16.7 Å². The summed E-state index contributed by atoms with van der Waals surface area (Å²) in [7, 11) is 1.58. The standard InChI is InChI=1S/C24H23N5O2S/c1-17-13-14-21(31-2)20(15-17)25-23(30)22(19-11-7-4-8-12-19)32-24-26-27-28-29(24)16-18-9-5-3-6-10-18/h3-15,22H,16H2,1-2H3,(H,25,30)/t22-/m1/s1. The summed E-state index contributed by atoms with van der Waals surface area (Å²) < 4.78 is 7.12. The number of amides is 1. The van der Waals surface area contributed by atoms with Crippen LogP contribution in [-0.4, -0.2) is 33.2 Å². The molecule has 0 bridgehead atoms. The van der Waals surface area contributed by atoms with Gasteiger partial charge >= 0.3 is 0 Å². The molecule has 0 unspecified atom stereocenters. The fourth-order valence-corrected chi connectivity index (χ4v) is 4.24. The first kappa shape index (κ1) is 21.6. The van der Waals surface area contributed by atoms with Crippen LogP contribution in [0.2, 0.25) is 0 Å². The number of benzene rings is 3. The minimum absolute atomic E-state index is 0.181. The summed E-state index contributed by atoms with van der Waals surface area (Å²) in [4.78, 5) is 13.4. The second-order valence-corrected chi connectivity index (χ2v) is 8.28. The van der Waals surface area contributed by atoms with Gasteiger partial charge in [0.1, 0.15) is 11.0 Å². The van der Waals surface area contributed by atoms with Crippen LogP contribution >= 0.6 is 11.8 Å². The second-order valence-electron chi connectivity index (χ2n) is 7.21. The summed E-state index contributed by atoms with van der Waals surface area (Å²) in [6.45, 7) is 2.49. The number of rotatable bonds is 8. The summed E-state index contributed by atoms with van der Waals surface area (Å²) >= 11 is 1.31. The summed E-state index contributed by atoms with van der Waals surface area (Å²) in [5, 5.41) is 15.2. The molecular weight excluding hydrogens is 422 g/mol. The number of methoxy groups -OCH3 is 1. The Hall–Kier alpha value is -3.65. The molecule has 0 fully saturated rings. The lowest BCUT2D eigenvalue weighted by atomic mass is 10.1. The van der Waals surface area contributed by atoms with Crippen molar-refractivity contribution in [2.24, 2.45) is 0 Å². The van der Waals surface area contributed by atoms with Crippen LogP contribution in [0.4, 0.5) is 5.69 Å². The Labute approximate surface area is 190 Å². The van der Waals surface area contributed by atoms with Crippen molar-refractivity contribution < 1.29 is 9.53 Å². The molecule has 1 amide bonds. The molecule has 1 aromatic heterocycles. The van der Waals surface area contributed by atoms with E-state index >= 15 is 0 Å². The minimum atomic E-state index is -0.554. The highest BCUT2D eigenvalue weighted by atomic mass is 32.2. The first-order valence-corrected chi connectivity index (χ1v) is 11.0. The van der Waals surface area contributed by atoms with Gasteiger partial charge in [0.15, 0.2) is 0 Å². The zero-order chi connectivity index (χ0) is 22.3. The molecule has 0 aliphatic rings. The summed E-state index contributed by atoms with van der Waals surface area (Å²) in [6, 6.07) is 25.2. The van der Waals surface area contributed by atoms with Gasteiger partial charge in [0.05, 0.1) is 19.3 Å². The average molecular weight is 446 g/mol. The maximum atomic E-state index is 13.4. The molecular formula is C24H23N5O2S. The maximum Gasteiger partial charge on any atom is 0.242 e. The molecule has 0 aliphatic heterocycles. The Bertz CT molecular complexity index is 1180. The third-order valence-electron chi connectivity index (χ3n) is 4.85. The fraction of sp³-hybridized carbons (Fsp3) is 0.167. The Morgan fingerprint density at radius 2 is 1.78 bits per heavy atom. The molecule has 0 saturated heterocycles. The Morgan fingerprint density at radius 3 is 2.50 bits per heavy atom. The van der Waals surface area contributed by atoms with Gasteiger partial charge in [-0.2, -0.15) is 0 Å². The van der Waals surface area contributed by atoms with Crippen molar-refractivity contribution in [3.05, 3.63) is 95.6 Å². The van der Waals surface area contributed by atoms with E-state index in [4.69, 9.17) is 4.74 Å². The number of carbonyl (C=O) groups excluding carboxylic acids is 1. The second kappa shape index (κ2) is 10.1. The molecule has 4 aromatic rings. The smallest absolute Gasteiger partial charge is 0.242 e. The molecule has 1 atom stereocenters. The first-order chi connectivity index (χ1) is 15.6. The first-order valence-electron chi connectivity index (χ1n) is 10.1. The number of ether oxygens (including phenoxy) is 1. The molecule has 162 valence electrons. The number of carbonyl (C=O) groups is 1. The summed E-state index contributed by atoms with van der Waals surface area (Å²) in [6.07, 6.45) is 0. The average Bonchev–Trinajstić information content (AvgIpc) is 3.25. The van der Waals surface area contributed by atoms with Crippen LogP contribution < -0.4 is 10.1 Å². The zero-order valence-corrected chi connectivity index (χ0v) is 18.6. The van der Waals surface area contributed by atoms with Crippen LogP contribution in [0.5, 0.6) is 5.75 Å². The maximum absolute atomic E-state index is 13.4. The van der Waals surface area contributed by atoms with Crippen LogP contribution in [0.25, 0.3) is 0 Å². The van der Waals surface area contributed by atoms with Gasteiger partial charge in [0.25, 0.3) is 0 Å². The van der Waals surface area contributed by atoms with E-state index in [1.165, 1.54) is 11.8 Å². The zero-order valence-electron chi connectivity index (χ0n) is 17.8. The van der Waals surface area contributed by atoms with E-state index in [2.05, 4.69) is 20.8 Å². The number of hydrogen-bond donors (Lipinski definition) is 1. The van der Waals surface area contributed by atoms with Crippen molar-refractivity contribution in [1.29, 1.82) is 0 Å². The molecule has 1 heterocycles. The predicted octanol–water partition coefficient (Wildman–Crippen LogP) is 4.51. The molecule has 0 radical (unpaired) electrons. The number of hydrogen-bond acceptors (Lipinski definition) is 6. The minimum Gasteiger partial charge on any atom is -0.495 e. The molecule has 3 aromatic carbocycles. The van der Waals surface area contributed by atoms with E-state index in [1.54, 1.807) is 11.8 Å². The van der Waals surface area contributed by atoms with Crippen molar-refractivity contribution in [2.75, 3.05) is 12.4 Å². The fourth-order valence-electron chi connectivity index (χ4n) is 3.26. The van der Waals surface area contributed by atoms with Crippen LogP contribution in [0.15, 0.2) is 84.0 Å². The number of tetrazole rings is 1. The quantitative estimate of drug-likeness (QED) is 0.402. The highest BCUT2D eigenvalue weighted by Crippen LogP contribution is 2.36. The van der Waals surface area contributed by atoms with Crippen molar-refractivity contribution in [1.82, 2.24) is 20.2 Å². The van der Waals surface area contributed by atoms with E-state index in [9.17, 15) is 4.79 Å². The molecule has 0 aliphatic carbocycles. The monoisotopic (exact) mass is 445 g/mol. The lowest BCUT2D eigenvalue weighted by Gasteiger charge is -2.18. The van der Waals surface area contributed by atoms with E-state index in [0.29, 0.717) is 23.1 Å². The molecule has 4 rings (SSSR count). The van der Waals surface area contributed by atoms with E-state index < -0.39 is 5.25 Å². The molecule has 1 N–H and O–H groups in total. The van der Waals surface area contributed by atoms with E-state index in [-0.39, 0.29) is 5.91 Å². The lowest BCUT2D eigenvalue weighted by Crippen LogP contribution is -2.20. The van der Waals surface area contributed by atoms with Crippen LogP contribution in [0.1, 0.15) is 21.9 Å². The van der Waals surface area contributed by atoms with E-state index in [1.807, 2.05) is 85.8 Å². The summed E-state index contributed by atoms with van der Waals surface area (Å²) in [5.41, 5.74) is 3.59. The molecule has 0 saturated carbocycles. The number of aromatic nitrogens is 4. The highest BCUT2D eigenvalue weighted by Gasteiger charge is 2.26. The third kappa shape index (κ3) is 5.15. The van der Waals surface area contributed by atoms with Gasteiger partial charge in [-0.05, 0) is 46.2 Å². The van der Waals surface area contributed by atoms with Gasteiger partial charge in [-0.15, -0.1) is 5.10 Å². The Kier molecular flexibility index (Phi) is 6.81. The topological polar surface area (TPSA) is 81.9 Å². The van der Waals surface area contributed by atoms with Crippen LogP contribution in [0, 0.1) is 6.92 Å². The number of thioether (sulfide) groups is 1. The molecule has 32 heavy (non-hydrogen) atoms. The Balaban J connectivity index is 1.61. The van der Waals surface area contributed by atoms with Crippen molar-refractivity contribution in [2.45, 2.75) is 23.9 Å². The SMILES string of the molecule is COc1ccc(C)cc1NC(=O)[C@H](Sc1nnnn1Cc1ccccc1)c1ccccc1. The lowest BCUT2D eigenvalue weighted by molar-refractivity contribution is -0.115. The van der Waals surface area contributed by atoms with Gasteiger partial charge in [0.2, 0.25) is 11.1 Å². The van der Waals surface area contributed by atoms with Gasteiger partial charge < -0.3 is 10.1 Å². The van der Waals surface area contributed by atoms with Crippen molar-refractivity contribution in [3.63, 3.8) is 0 Å². The Morgan fingerprint density at radius 1 is 1.06 bits per heavy atom. The number of aryl methyl sites for hydroxylation is 1. The van der Waals surface area contributed by atoms with Gasteiger partial charge in [-0.25, -0.2) is 4.68 Å². The van der Waals surface area contributed by atoms with Crippen molar-refractivity contribution in [3.8, 4) is 5.75 Å². The van der Waals surface area contributed by atoms with Crippen molar-refractivity contribution >= 4 is 23.4 Å². The number of nitrogens with zero attached hydrogens (tertiary/aromatic N) is 4. The van der Waals surface area contributed by atoms with Crippen LogP contribution in [-0.2, 0) is 11.3 Å². The normalized spacial score (nSPS) is 11.7. The highest BCUT2D eigenvalue weighted by molar-refractivity contribution is 8.00. The van der Waals surface area contributed by atoms with Gasteiger partial charge in [-0.1, -0.05) is 78.5 Å². The van der Waals surface area contributed by atoms with Gasteiger partial charge in [-0.3, -0.25) is 4.79 Å². The van der Waals surface area contributed by atoms with Crippen LogP contribution in [0.3, 0.4) is 0 Å². The predicted molar refractivity (Wildman–Crippen MR) is 125 cm³/mol. The summed E-state index contributed by atoms with van der Waals surface area (Å²) in [5.74, 6) is 0.425. The largest absolute Gasteiger partial charge is 0.495 e. The number of anilines is 1. The molecule has 7 nitrogen and oxygen atoms in total. The third-order valence-corrected chi connectivity index (χ3v) is 6.08. The van der Waals surface area contributed by atoms with Gasteiger partial charge in [0, 0.05) is 0 Å².